The molecule has 1 aromatic heterocycles. The van der Waals surface area contributed by atoms with Crippen molar-refractivity contribution >= 4 is 11.6 Å². The summed E-state index contributed by atoms with van der Waals surface area (Å²) in [7, 11) is 0. The number of aromatic nitrogens is 1. The largest absolute Gasteiger partial charge is 0.397 e. The van der Waals surface area contributed by atoms with Crippen LogP contribution in [0.25, 0.3) is 0 Å². The van der Waals surface area contributed by atoms with Crippen LogP contribution >= 0.6 is 0 Å². The Kier molecular flexibility index (Phi) is 2.61. The lowest BCUT2D eigenvalue weighted by molar-refractivity contribution is 0.0881. The van der Waals surface area contributed by atoms with Crippen molar-refractivity contribution in [2.24, 2.45) is 5.41 Å². The van der Waals surface area contributed by atoms with Crippen molar-refractivity contribution in [1.29, 1.82) is 0 Å². The monoisotopic (exact) mass is 247 g/mol. The summed E-state index contributed by atoms with van der Waals surface area (Å²) in [5, 5.41) is 3.06. The van der Waals surface area contributed by atoms with E-state index in [1.165, 1.54) is 19.3 Å². The van der Waals surface area contributed by atoms with E-state index in [2.05, 4.69) is 12.2 Å². The molecule has 0 bridgehead atoms. The number of rotatable bonds is 4. The zero-order valence-electron chi connectivity index (χ0n) is 10.9. The first-order chi connectivity index (χ1) is 8.57. The highest BCUT2D eigenvalue weighted by atomic mass is 16.1. The third-order valence-corrected chi connectivity index (χ3v) is 4.28. The van der Waals surface area contributed by atoms with Crippen molar-refractivity contribution in [1.82, 2.24) is 9.88 Å². The number of carbonyl (C=O) groups excluding carboxylic acids is 1. The highest BCUT2D eigenvalue weighted by Gasteiger charge is 2.33. The Morgan fingerprint density at radius 2 is 2.28 bits per heavy atom. The summed E-state index contributed by atoms with van der Waals surface area (Å²) in [6, 6.07) is 2.28. The Labute approximate surface area is 108 Å². The third kappa shape index (κ3) is 2.11. The molecule has 0 atom stereocenters. The van der Waals surface area contributed by atoms with Crippen LogP contribution in [-0.2, 0) is 0 Å². The number of amides is 1. The van der Waals surface area contributed by atoms with Gasteiger partial charge in [-0.15, -0.1) is 0 Å². The van der Waals surface area contributed by atoms with Crippen LogP contribution in [0.1, 0.15) is 55.6 Å². The van der Waals surface area contributed by atoms with Gasteiger partial charge < -0.3 is 15.6 Å². The first-order valence-corrected chi connectivity index (χ1v) is 6.83. The Hall–Kier alpha value is -1.45. The van der Waals surface area contributed by atoms with Gasteiger partial charge in [0.1, 0.15) is 5.69 Å². The molecule has 1 amide bonds. The SMILES string of the molecule is CC1(CNC(=O)c2cc(N)cn2C2CC2)CCC1. The number of nitrogens with two attached hydrogens (primary N) is 1. The predicted molar refractivity (Wildman–Crippen MR) is 71.4 cm³/mol. The lowest BCUT2D eigenvalue weighted by Crippen LogP contribution is -2.40. The van der Waals surface area contributed by atoms with Crippen molar-refractivity contribution in [3.63, 3.8) is 0 Å². The third-order valence-electron chi connectivity index (χ3n) is 4.28. The molecule has 0 aromatic carbocycles. The van der Waals surface area contributed by atoms with Gasteiger partial charge in [-0.2, -0.15) is 0 Å². The fourth-order valence-corrected chi connectivity index (χ4v) is 2.68. The zero-order valence-corrected chi connectivity index (χ0v) is 10.9. The molecule has 2 fully saturated rings. The number of nitrogens with zero attached hydrogens (tertiary/aromatic N) is 1. The van der Waals surface area contributed by atoms with Crippen LogP contribution in [0.5, 0.6) is 0 Å². The molecular weight excluding hydrogens is 226 g/mol. The summed E-state index contributed by atoms with van der Waals surface area (Å²) in [6.45, 7) is 3.02. The summed E-state index contributed by atoms with van der Waals surface area (Å²) < 4.78 is 2.04. The number of hydrogen-bond donors (Lipinski definition) is 2. The van der Waals surface area contributed by atoms with Crippen LogP contribution in [-0.4, -0.2) is 17.0 Å². The van der Waals surface area contributed by atoms with E-state index in [0.717, 1.165) is 25.1 Å². The molecule has 2 aliphatic carbocycles. The smallest absolute Gasteiger partial charge is 0.268 e. The molecular formula is C14H21N3O. The van der Waals surface area contributed by atoms with Gasteiger partial charge in [0, 0.05) is 18.8 Å². The minimum absolute atomic E-state index is 0.0201. The Morgan fingerprint density at radius 3 is 2.83 bits per heavy atom. The number of anilines is 1. The van der Waals surface area contributed by atoms with E-state index in [9.17, 15) is 4.79 Å². The molecule has 4 nitrogen and oxygen atoms in total. The van der Waals surface area contributed by atoms with Gasteiger partial charge in [-0.3, -0.25) is 4.79 Å². The molecule has 1 heterocycles. The first-order valence-electron chi connectivity index (χ1n) is 6.83. The van der Waals surface area contributed by atoms with E-state index in [0.29, 0.717) is 17.1 Å². The number of hydrogen-bond acceptors (Lipinski definition) is 2. The lowest BCUT2D eigenvalue weighted by Gasteiger charge is -2.38. The van der Waals surface area contributed by atoms with Crippen LogP contribution in [0, 0.1) is 5.41 Å². The second kappa shape index (κ2) is 4.04. The minimum Gasteiger partial charge on any atom is -0.397 e. The van der Waals surface area contributed by atoms with Crippen LogP contribution in [0.15, 0.2) is 12.3 Å². The van der Waals surface area contributed by atoms with Crippen LogP contribution in [0.2, 0.25) is 0 Å². The lowest BCUT2D eigenvalue weighted by atomic mass is 9.70. The van der Waals surface area contributed by atoms with Crippen molar-refractivity contribution < 1.29 is 4.79 Å². The van der Waals surface area contributed by atoms with Crippen LogP contribution in [0.3, 0.4) is 0 Å². The Balaban J connectivity index is 1.67. The average Bonchev–Trinajstić information content (AvgIpc) is 3.07. The van der Waals surface area contributed by atoms with E-state index < -0.39 is 0 Å². The molecule has 1 aromatic rings. The number of nitrogens with one attached hydrogen (secondary N) is 1. The van der Waals surface area contributed by atoms with Gasteiger partial charge in [0.05, 0.1) is 5.69 Å². The van der Waals surface area contributed by atoms with E-state index in [1.807, 2.05) is 10.8 Å². The van der Waals surface area contributed by atoms with Gasteiger partial charge in [-0.1, -0.05) is 13.3 Å². The minimum atomic E-state index is 0.0201. The second-order valence-electron chi connectivity index (χ2n) is 6.14. The van der Waals surface area contributed by atoms with E-state index in [-0.39, 0.29) is 5.91 Å². The summed E-state index contributed by atoms with van der Waals surface area (Å²) in [5.41, 5.74) is 7.52. The van der Waals surface area contributed by atoms with Crippen molar-refractivity contribution in [2.45, 2.75) is 45.1 Å². The first kappa shape index (κ1) is 11.6. The maximum absolute atomic E-state index is 12.2. The molecule has 2 saturated carbocycles. The maximum Gasteiger partial charge on any atom is 0.268 e. The topological polar surface area (TPSA) is 60.1 Å². The van der Waals surface area contributed by atoms with Gasteiger partial charge >= 0.3 is 0 Å². The zero-order chi connectivity index (χ0) is 12.8. The van der Waals surface area contributed by atoms with Crippen molar-refractivity contribution in [3.8, 4) is 0 Å². The van der Waals surface area contributed by atoms with Gasteiger partial charge in [0.25, 0.3) is 5.91 Å². The van der Waals surface area contributed by atoms with Crippen molar-refractivity contribution in [2.75, 3.05) is 12.3 Å². The molecule has 4 heteroatoms. The molecule has 3 rings (SSSR count). The van der Waals surface area contributed by atoms with E-state index >= 15 is 0 Å². The molecule has 0 aliphatic heterocycles. The molecule has 0 unspecified atom stereocenters. The maximum atomic E-state index is 12.2. The van der Waals surface area contributed by atoms with E-state index in [4.69, 9.17) is 5.73 Å². The average molecular weight is 247 g/mol. The second-order valence-corrected chi connectivity index (χ2v) is 6.14. The summed E-state index contributed by atoms with van der Waals surface area (Å²) in [5.74, 6) is 0.0201. The molecule has 2 aliphatic rings. The fraction of sp³-hybridized carbons (Fsp3) is 0.643. The molecule has 0 saturated heterocycles. The van der Waals surface area contributed by atoms with Crippen LogP contribution in [0.4, 0.5) is 5.69 Å². The van der Waals surface area contributed by atoms with Gasteiger partial charge in [-0.25, -0.2) is 0 Å². The molecule has 98 valence electrons. The summed E-state index contributed by atoms with van der Waals surface area (Å²) in [6.07, 6.45) is 7.94. The highest BCUT2D eigenvalue weighted by molar-refractivity contribution is 5.93. The summed E-state index contributed by atoms with van der Waals surface area (Å²) in [4.78, 5) is 12.2. The quantitative estimate of drug-likeness (QED) is 0.857. The highest BCUT2D eigenvalue weighted by Crippen LogP contribution is 2.40. The van der Waals surface area contributed by atoms with E-state index in [1.54, 1.807) is 6.07 Å². The molecule has 0 spiro atoms. The Morgan fingerprint density at radius 1 is 1.56 bits per heavy atom. The van der Waals surface area contributed by atoms with Gasteiger partial charge in [-0.05, 0) is 37.2 Å². The summed E-state index contributed by atoms with van der Waals surface area (Å²) >= 11 is 0. The predicted octanol–water partition coefficient (Wildman–Crippen LogP) is 2.33. The molecule has 3 N–H and O–H groups in total. The van der Waals surface area contributed by atoms with Gasteiger partial charge in [0.15, 0.2) is 0 Å². The van der Waals surface area contributed by atoms with Gasteiger partial charge in [0.2, 0.25) is 0 Å². The Bertz CT molecular complexity index is 469. The number of nitrogen functional groups attached to an aromatic ring is 1. The fourth-order valence-electron chi connectivity index (χ4n) is 2.68. The number of carbonyl (C=O) groups is 1. The standard InChI is InChI=1S/C14H21N3O/c1-14(5-2-6-14)9-16-13(18)12-7-10(15)8-17(12)11-3-4-11/h7-8,11H,2-6,9,15H2,1H3,(H,16,18). The van der Waals surface area contributed by atoms with Crippen molar-refractivity contribution in [3.05, 3.63) is 18.0 Å². The normalized spacial score (nSPS) is 21.4. The molecule has 18 heavy (non-hydrogen) atoms. The molecule has 0 radical (unpaired) electrons. The van der Waals surface area contributed by atoms with Crippen LogP contribution < -0.4 is 11.1 Å².